The molecule has 0 atom stereocenters. The van der Waals surface area contributed by atoms with Crippen LogP contribution in [0.1, 0.15) is 21.5 Å². The molecular weight excluding hydrogens is 537 g/mol. The Hall–Kier alpha value is -5.09. The molecule has 2 aromatic heterocycles. The van der Waals surface area contributed by atoms with E-state index in [1.54, 1.807) is 42.0 Å². The Labute approximate surface area is 242 Å². The molecule has 9 nitrogen and oxygen atoms in total. The SMILES string of the molecule is COCCNC(=O)c1ccc(Nc2nc3ccc(-c4ccc(CC(=O)Cc5ccc(F)cc5)cc4)cn3n2)c(OC)c1. The van der Waals surface area contributed by atoms with Crippen molar-refractivity contribution in [3.63, 3.8) is 0 Å². The molecule has 214 valence electrons. The Kier molecular flexibility index (Phi) is 8.84. The lowest BCUT2D eigenvalue weighted by Crippen LogP contribution is -2.26. The highest BCUT2D eigenvalue weighted by molar-refractivity contribution is 5.95. The van der Waals surface area contributed by atoms with Gasteiger partial charge in [0, 0.05) is 43.8 Å². The number of ketones is 1. The maximum absolute atomic E-state index is 13.1. The number of carbonyl (C=O) groups is 2. The van der Waals surface area contributed by atoms with Crippen molar-refractivity contribution in [3.8, 4) is 16.9 Å². The third-order valence-electron chi connectivity index (χ3n) is 6.64. The standard InChI is InChI=1S/C32H30FN5O4/c1-41-16-15-34-31(40)24-9-13-28(29(19-24)42-2)35-32-36-30-14-10-25(20-38(30)37-32)23-7-3-21(4-8-23)17-27(39)18-22-5-11-26(33)12-6-22/h3-14,19-20H,15-18H2,1-2H3,(H,34,40)(H,35,37). The molecule has 0 aliphatic heterocycles. The topological polar surface area (TPSA) is 107 Å². The Bertz CT molecular complexity index is 1700. The number of fused-ring (bicyclic) bond motifs is 1. The number of hydrogen-bond acceptors (Lipinski definition) is 7. The van der Waals surface area contributed by atoms with E-state index in [4.69, 9.17) is 9.47 Å². The summed E-state index contributed by atoms with van der Waals surface area (Å²) in [4.78, 5) is 29.4. The molecule has 0 radical (unpaired) electrons. The highest BCUT2D eigenvalue weighted by atomic mass is 19.1. The van der Waals surface area contributed by atoms with E-state index in [1.165, 1.54) is 19.2 Å². The van der Waals surface area contributed by atoms with Gasteiger partial charge in [-0.25, -0.2) is 8.91 Å². The number of nitrogens with zero attached hydrogens (tertiary/aromatic N) is 3. The summed E-state index contributed by atoms with van der Waals surface area (Å²) in [6.45, 7) is 0.837. The van der Waals surface area contributed by atoms with Crippen molar-refractivity contribution in [2.45, 2.75) is 12.8 Å². The van der Waals surface area contributed by atoms with Crippen LogP contribution < -0.4 is 15.4 Å². The molecule has 1 amide bonds. The number of aromatic nitrogens is 3. The third-order valence-corrected chi connectivity index (χ3v) is 6.64. The largest absolute Gasteiger partial charge is 0.495 e. The van der Waals surface area contributed by atoms with Gasteiger partial charge in [0.05, 0.1) is 19.4 Å². The zero-order chi connectivity index (χ0) is 29.5. The average Bonchev–Trinajstić information content (AvgIpc) is 3.40. The fourth-order valence-electron chi connectivity index (χ4n) is 4.47. The van der Waals surface area contributed by atoms with Crippen molar-refractivity contribution in [1.29, 1.82) is 0 Å². The van der Waals surface area contributed by atoms with Gasteiger partial charge in [0.2, 0.25) is 5.95 Å². The number of ether oxygens (including phenoxy) is 2. The van der Waals surface area contributed by atoms with E-state index in [1.807, 2.05) is 42.6 Å². The Morgan fingerprint density at radius 2 is 1.57 bits per heavy atom. The van der Waals surface area contributed by atoms with E-state index in [0.29, 0.717) is 48.2 Å². The highest BCUT2D eigenvalue weighted by Gasteiger charge is 2.13. The monoisotopic (exact) mass is 567 g/mol. The lowest BCUT2D eigenvalue weighted by molar-refractivity contribution is -0.117. The number of halogens is 1. The van der Waals surface area contributed by atoms with Gasteiger partial charge in [-0.1, -0.05) is 36.4 Å². The van der Waals surface area contributed by atoms with E-state index in [0.717, 1.165) is 22.3 Å². The quantitative estimate of drug-likeness (QED) is 0.204. The number of benzene rings is 3. The van der Waals surface area contributed by atoms with E-state index in [-0.39, 0.29) is 23.9 Å². The molecule has 0 fully saturated rings. The van der Waals surface area contributed by atoms with Crippen LogP contribution >= 0.6 is 0 Å². The summed E-state index contributed by atoms with van der Waals surface area (Å²) in [5.74, 6) is 0.378. The number of Topliss-reactive ketones (excluding diaryl/α,β-unsaturated/α-hetero) is 1. The van der Waals surface area contributed by atoms with Gasteiger partial charge in [-0.15, -0.1) is 5.10 Å². The third kappa shape index (κ3) is 6.97. The van der Waals surface area contributed by atoms with Gasteiger partial charge < -0.3 is 20.1 Å². The molecule has 0 saturated heterocycles. The number of nitrogens with one attached hydrogen (secondary N) is 2. The Morgan fingerprint density at radius 3 is 2.26 bits per heavy atom. The number of amides is 1. The first kappa shape index (κ1) is 28.4. The van der Waals surface area contributed by atoms with Crippen LogP contribution in [0.2, 0.25) is 0 Å². The molecular formula is C32H30FN5O4. The van der Waals surface area contributed by atoms with Crippen molar-refractivity contribution in [1.82, 2.24) is 19.9 Å². The van der Waals surface area contributed by atoms with Crippen molar-refractivity contribution in [3.05, 3.63) is 108 Å². The molecule has 0 aliphatic rings. The number of pyridine rings is 1. The molecule has 0 bridgehead atoms. The Balaban J connectivity index is 1.25. The van der Waals surface area contributed by atoms with Crippen LogP contribution in [0.3, 0.4) is 0 Å². The van der Waals surface area contributed by atoms with Crippen LogP contribution in [0.5, 0.6) is 5.75 Å². The summed E-state index contributed by atoms with van der Waals surface area (Å²) in [6, 6.07) is 22.7. The number of anilines is 2. The molecule has 2 heterocycles. The van der Waals surface area contributed by atoms with Crippen LogP contribution in [-0.4, -0.2) is 53.7 Å². The molecule has 42 heavy (non-hydrogen) atoms. The van der Waals surface area contributed by atoms with Crippen molar-refractivity contribution in [2.24, 2.45) is 0 Å². The molecule has 2 N–H and O–H groups in total. The van der Waals surface area contributed by atoms with E-state index >= 15 is 0 Å². The molecule has 0 aliphatic carbocycles. The van der Waals surface area contributed by atoms with Gasteiger partial charge in [-0.3, -0.25) is 9.59 Å². The first-order valence-corrected chi connectivity index (χ1v) is 13.4. The highest BCUT2D eigenvalue weighted by Crippen LogP contribution is 2.28. The first-order valence-electron chi connectivity index (χ1n) is 13.4. The lowest BCUT2D eigenvalue weighted by atomic mass is 10.0. The van der Waals surface area contributed by atoms with E-state index in [9.17, 15) is 14.0 Å². The zero-order valence-corrected chi connectivity index (χ0v) is 23.3. The smallest absolute Gasteiger partial charge is 0.251 e. The second-order valence-electron chi connectivity index (χ2n) is 9.66. The summed E-state index contributed by atoms with van der Waals surface area (Å²) < 4.78 is 25.2. The van der Waals surface area contributed by atoms with Gasteiger partial charge in [-0.2, -0.15) is 4.98 Å². The predicted octanol–water partition coefficient (Wildman–Crippen LogP) is 5.02. The normalized spacial score (nSPS) is 10.9. The molecule has 0 unspecified atom stereocenters. The van der Waals surface area contributed by atoms with Crippen LogP contribution in [0.25, 0.3) is 16.8 Å². The summed E-state index contributed by atoms with van der Waals surface area (Å²) >= 11 is 0. The molecule has 5 rings (SSSR count). The number of carbonyl (C=O) groups excluding carboxylic acids is 2. The molecule has 0 spiro atoms. The maximum Gasteiger partial charge on any atom is 0.251 e. The average molecular weight is 568 g/mol. The van der Waals surface area contributed by atoms with Crippen molar-refractivity contribution >= 4 is 29.0 Å². The minimum absolute atomic E-state index is 0.0648. The van der Waals surface area contributed by atoms with Crippen LogP contribution in [-0.2, 0) is 22.4 Å². The van der Waals surface area contributed by atoms with Crippen molar-refractivity contribution < 1.29 is 23.5 Å². The summed E-state index contributed by atoms with van der Waals surface area (Å²) in [5, 5.41) is 10.5. The number of methoxy groups -OCH3 is 2. The van der Waals surface area contributed by atoms with Gasteiger partial charge in [0.25, 0.3) is 5.91 Å². The fraction of sp³-hybridized carbons (Fsp3) is 0.188. The molecule has 0 saturated carbocycles. The number of hydrogen-bond donors (Lipinski definition) is 2. The van der Waals surface area contributed by atoms with E-state index in [2.05, 4.69) is 20.7 Å². The van der Waals surface area contributed by atoms with Crippen molar-refractivity contribution in [2.75, 3.05) is 32.7 Å². The summed E-state index contributed by atoms with van der Waals surface area (Å²) in [5.41, 5.74) is 5.34. The molecule has 3 aromatic carbocycles. The summed E-state index contributed by atoms with van der Waals surface area (Å²) in [6.07, 6.45) is 2.45. The summed E-state index contributed by atoms with van der Waals surface area (Å²) in [7, 11) is 3.11. The lowest BCUT2D eigenvalue weighted by Gasteiger charge is -2.11. The van der Waals surface area contributed by atoms with Crippen LogP contribution in [0, 0.1) is 5.82 Å². The molecule has 5 aromatic rings. The van der Waals surface area contributed by atoms with Crippen LogP contribution in [0.4, 0.5) is 16.0 Å². The van der Waals surface area contributed by atoms with Gasteiger partial charge >= 0.3 is 0 Å². The van der Waals surface area contributed by atoms with E-state index < -0.39 is 0 Å². The van der Waals surface area contributed by atoms with Gasteiger partial charge in [0.15, 0.2) is 5.65 Å². The maximum atomic E-state index is 13.1. The second-order valence-corrected chi connectivity index (χ2v) is 9.66. The molecule has 10 heteroatoms. The minimum atomic E-state index is -0.315. The second kappa shape index (κ2) is 13.0. The fourth-order valence-corrected chi connectivity index (χ4v) is 4.47. The predicted molar refractivity (Wildman–Crippen MR) is 158 cm³/mol. The Morgan fingerprint density at radius 1 is 0.881 bits per heavy atom. The van der Waals surface area contributed by atoms with Crippen LogP contribution in [0.15, 0.2) is 85.1 Å². The minimum Gasteiger partial charge on any atom is -0.495 e. The van der Waals surface area contributed by atoms with Gasteiger partial charge in [0.1, 0.15) is 17.3 Å². The zero-order valence-electron chi connectivity index (χ0n) is 23.3. The number of rotatable bonds is 12. The van der Waals surface area contributed by atoms with Gasteiger partial charge in [-0.05, 0) is 59.2 Å². The first-order chi connectivity index (χ1) is 20.4.